The van der Waals surface area contributed by atoms with Crippen molar-refractivity contribution >= 4 is 11.6 Å². The molecule has 3 heteroatoms. The summed E-state index contributed by atoms with van der Waals surface area (Å²) in [4.78, 5) is 18.1. The van der Waals surface area contributed by atoms with Crippen molar-refractivity contribution in [1.29, 1.82) is 0 Å². The normalized spacial score (nSPS) is 19.8. The van der Waals surface area contributed by atoms with Gasteiger partial charge in [0.2, 0.25) is 0 Å². The molecule has 0 spiro atoms. The highest BCUT2D eigenvalue weighted by molar-refractivity contribution is 5.85. The molecule has 0 atom stereocenters. The van der Waals surface area contributed by atoms with E-state index < -0.39 is 0 Å². The highest BCUT2D eigenvalue weighted by atomic mass is 16.1. The van der Waals surface area contributed by atoms with Crippen LogP contribution < -0.4 is 0 Å². The lowest BCUT2D eigenvalue weighted by molar-refractivity contribution is -0.119. The first-order chi connectivity index (χ1) is 8.29. The third-order valence-corrected chi connectivity index (χ3v) is 3.13. The standard InChI is InChI=1S/C14H20N2O/c1-2-4-13(17)11-12-6-9-16(10-7-12)14-5-3-8-15-14/h6-7,9-10,12H,2-5,8,11H2,1H3. The van der Waals surface area contributed by atoms with E-state index in [1.54, 1.807) is 0 Å². The highest BCUT2D eigenvalue weighted by Gasteiger charge is 2.15. The highest BCUT2D eigenvalue weighted by Crippen LogP contribution is 2.18. The first-order valence-electron chi connectivity index (χ1n) is 6.49. The number of Topliss-reactive ketones (excluding diaryl/α,β-unsaturated/α-hetero) is 1. The zero-order valence-corrected chi connectivity index (χ0v) is 10.4. The summed E-state index contributed by atoms with van der Waals surface area (Å²) >= 11 is 0. The van der Waals surface area contributed by atoms with Crippen molar-refractivity contribution in [2.45, 2.75) is 39.0 Å². The van der Waals surface area contributed by atoms with Crippen molar-refractivity contribution in [1.82, 2.24) is 4.90 Å². The zero-order chi connectivity index (χ0) is 12.1. The molecular weight excluding hydrogens is 212 g/mol. The quantitative estimate of drug-likeness (QED) is 0.746. The first kappa shape index (κ1) is 12.1. The smallest absolute Gasteiger partial charge is 0.133 e. The SMILES string of the molecule is CCCC(=O)CC1C=CN(C2=NCCC2)C=C1. The number of carbonyl (C=O) groups excluding carboxylic acids is 1. The van der Waals surface area contributed by atoms with Crippen molar-refractivity contribution in [3.8, 4) is 0 Å². The van der Waals surface area contributed by atoms with E-state index in [2.05, 4.69) is 22.0 Å². The minimum absolute atomic E-state index is 0.271. The van der Waals surface area contributed by atoms with Crippen LogP contribution in [0.5, 0.6) is 0 Å². The minimum Gasteiger partial charge on any atom is -0.313 e. The average Bonchev–Trinajstić information content (AvgIpc) is 2.84. The molecule has 0 unspecified atom stereocenters. The molecule has 92 valence electrons. The van der Waals surface area contributed by atoms with Crippen LogP contribution in [-0.2, 0) is 4.79 Å². The summed E-state index contributed by atoms with van der Waals surface area (Å²) in [6.07, 6.45) is 12.8. The van der Waals surface area contributed by atoms with Crippen molar-refractivity contribution < 1.29 is 4.79 Å². The Morgan fingerprint density at radius 3 is 2.82 bits per heavy atom. The fourth-order valence-electron chi connectivity index (χ4n) is 2.21. The van der Waals surface area contributed by atoms with Crippen LogP contribution in [0.25, 0.3) is 0 Å². The fourth-order valence-corrected chi connectivity index (χ4v) is 2.21. The van der Waals surface area contributed by atoms with Crippen molar-refractivity contribution in [3.05, 3.63) is 24.6 Å². The summed E-state index contributed by atoms with van der Waals surface area (Å²) in [5.41, 5.74) is 0. The van der Waals surface area contributed by atoms with E-state index in [1.165, 1.54) is 0 Å². The molecule has 3 nitrogen and oxygen atoms in total. The summed E-state index contributed by atoms with van der Waals surface area (Å²) in [5.74, 6) is 1.78. The Morgan fingerprint density at radius 2 is 2.24 bits per heavy atom. The lowest BCUT2D eigenvalue weighted by Gasteiger charge is -2.21. The second-order valence-electron chi connectivity index (χ2n) is 4.65. The second-order valence-corrected chi connectivity index (χ2v) is 4.65. The fraction of sp³-hybridized carbons (Fsp3) is 0.571. The van der Waals surface area contributed by atoms with Gasteiger partial charge in [-0.1, -0.05) is 19.1 Å². The van der Waals surface area contributed by atoms with Crippen molar-refractivity contribution in [3.63, 3.8) is 0 Å². The van der Waals surface area contributed by atoms with E-state index >= 15 is 0 Å². The predicted molar refractivity (Wildman–Crippen MR) is 69.7 cm³/mol. The van der Waals surface area contributed by atoms with Crippen LogP contribution in [-0.4, -0.2) is 23.1 Å². The molecule has 2 aliphatic rings. The lowest BCUT2D eigenvalue weighted by atomic mass is 9.99. The molecule has 0 saturated heterocycles. The van der Waals surface area contributed by atoms with E-state index in [9.17, 15) is 4.79 Å². The van der Waals surface area contributed by atoms with Gasteiger partial charge in [-0.3, -0.25) is 9.79 Å². The average molecular weight is 232 g/mol. The van der Waals surface area contributed by atoms with Gasteiger partial charge in [-0.15, -0.1) is 0 Å². The van der Waals surface area contributed by atoms with E-state index in [0.717, 1.165) is 31.6 Å². The van der Waals surface area contributed by atoms with Crippen LogP contribution in [0, 0.1) is 5.92 Å². The van der Waals surface area contributed by atoms with Crippen LogP contribution in [0.2, 0.25) is 0 Å². The van der Waals surface area contributed by atoms with E-state index in [-0.39, 0.29) is 5.92 Å². The number of hydrogen-bond acceptors (Lipinski definition) is 3. The number of ketones is 1. The maximum atomic E-state index is 11.5. The predicted octanol–water partition coefficient (Wildman–Crippen LogP) is 2.90. The zero-order valence-electron chi connectivity index (χ0n) is 10.4. The van der Waals surface area contributed by atoms with Crippen LogP contribution >= 0.6 is 0 Å². The molecule has 17 heavy (non-hydrogen) atoms. The molecule has 0 aromatic heterocycles. The van der Waals surface area contributed by atoms with Crippen molar-refractivity contribution in [2.75, 3.05) is 6.54 Å². The van der Waals surface area contributed by atoms with E-state index in [0.29, 0.717) is 18.6 Å². The monoisotopic (exact) mass is 232 g/mol. The molecule has 0 bridgehead atoms. The molecule has 0 amide bonds. The van der Waals surface area contributed by atoms with Gasteiger partial charge in [0.25, 0.3) is 0 Å². The number of nitrogens with zero attached hydrogens (tertiary/aromatic N) is 2. The number of hydrogen-bond donors (Lipinski definition) is 0. The third kappa shape index (κ3) is 3.29. The van der Waals surface area contributed by atoms with E-state index in [4.69, 9.17) is 0 Å². The lowest BCUT2D eigenvalue weighted by Crippen LogP contribution is -2.21. The van der Waals surface area contributed by atoms with E-state index in [1.807, 2.05) is 19.3 Å². The number of allylic oxidation sites excluding steroid dienone is 2. The number of aliphatic imine (C=N–C) groups is 1. The Kier molecular flexibility index (Phi) is 4.13. The Hall–Kier alpha value is -1.38. The van der Waals surface area contributed by atoms with Gasteiger partial charge in [-0.25, -0.2) is 0 Å². The van der Waals surface area contributed by atoms with Gasteiger partial charge in [-0.05, 0) is 12.8 Å². The number of carbonyl (C=O) groups is 1. The molecule has 2 aliphatic heterocycles. The minimum atomic E-state index is 0.271. The molecule has 2 rings (SSSR count). The molecule has 0 aromatic rings. The van der Waals surface area contributed by atoms with Gasteiger partial charge >= 0.3 is 0 Å². The number of rotatable bonds is 4. The van der Waals surface area contributed by atoms with Gasteiger partial charge in [0.1, 0.15) is 11.6 Å². The van der Waals surface area contributed by atoms with Crippen molar-refractivity contribution in [2.24, 2.45) is 10.9 Å². The summed E-state index contributed by atoms with van der Waals surface area (Å²) in [6.45, 7) is 3.00. The van der Waals surface area contributed by atoms with Crippen LogP contribution in [0.1, 0.15) is 39.0 Å². The van der Waals surface area contributed by atoms with Gasteiger partial charge in [0, 0.05) is 44.1 Å². The summed E-state index contributed by atoms with van der Waals surface area (Å²) < 4.78 is 0. The Bertz CT molecular complexity index is 354. The molecule has 2 heterocycles. The molecule has 0 N–H and O–H groups in total. The van der Waals surface area contributed by atoms with Gasteiger partial charge in [-0.2, -0.15) is 0 Å². The summed E-state index contributed by atoms with van der Waals surface area (Å²) in [5, 5.41) is 0. The summed E-state index contributed by atoms with van der Waals surface area (Å²) in [7, 11) is 0. The number of amidine groups is 1. The Morgan fingerprint density at radius 1 is 1.47 bits per heavy atom. The summed E-state index contributed by atoms with van der Waals surface area (Å²) in [6, 6.07) is 0. The molecule has 0 aliphatic carbocycles. The van der Waals surface area contributed by atoms with Crippen LogP contribution in [0.4, 0.5) is 0 Å². The van der Waals surface area contributed by atoms with Gasteiger partial charge in [0.15, 0.2) is 0 Å². The second kappa shape index (κ2) is 5.80. The first-order valence-corrected chi connectivity index (χ1v) is 6.49. The molecule has 0 fully saturated rings. The third-order valence-electron chi connectivity index (χ3n) is 3.13. The Balaban J connectivity index is 1.85. The maximum absolute atomic E-state index is 11.5. The Labute approximate surface area is 103 Å². The van der Waals surface area contributed by atoms with Gasteiger partial charge < -0.3 is 4.90 Å². The topological polar surface area (TPSA) is 32.7 Å². The van der Waals surface area contributed by atoms with Crippen LogP contribution in [0.3, 0.4) is 0 Å². The molecule has 0 aromatic carbocycles. The van der Waals surface area contributed by atoms with Gasteiger partial charge in [0.05, 0.1) is 0 Å². The van der Waals surface area contributed by atoms with Crippen LogP contribution in [0.15, 0.2) is 29.5 Å². The molecule has 0 saturated carbocycles. The maximum Gasteiger partial charge on any atom is 0.133 e. The molecular formula is C14H20N2O. The largest absolute Gasteiger partial charge is 0.313 e. The molecule has 0 radical (unpaired) electrons.